The number of nitrogens with zero attached hydrogens (tertiary/aromatic N) is 3. The minimum Gasteiger partial charge on any atom is -0.506 e. The van der Waals surface area contributed by atoms with Crippen LogP contribution in [0.25, 0.3) is 11.5 Å². The number of hydrogen-bond acceptors (Lipinski definition) is 6. The van der Waals surface area contributed by atoms with E-state index in [0.717, 1.165) is 30.5 Å². The number of rotatable bonds is 5. The zero-order valence-corrected chi connectivity index (χ0v) is 17.3. The number of likely N-dealkylation sites (tertiary alicyclic amines) is 1. The van der Waals surface area contributed by atoms with Gasteiger partial charge in [0.1, 0.15) is 5.75 Å². The Morgan fingerprint density at radius 3 is 2.77 bits per heavy atom. The lowest BCUT2D eigenvalue weighted by molar-refractivity contribution is -0.121. The van der Waals surface area contributed by atoms with Crippen LogP contribution in [0.1, 0.15) is 29.8 Å². The highest BCUT2D eigenvalue weighted by atomic mass is 16.5. The van der Waals surface area contributed by atoms with Crippen molar-refractivity contribution in [2.24, 2.45) is 5.92 Å². The molecule has 7 heteroatoms. The number of hydrogen-bond donors (Lipinski definition) is 2. The summed E-state index contributed by atoms with van der Waals surface area (Å²) < 4.78 is 5.41. The molecule has 7 nitrogen and oxygen atoms in total. The largest absolute Gasteiger partial charge is 0.506 e. The number of benzene rings is 2. The van der Waals surface area contributed by atoms with Gasteiger partial charge in [-0.05, 0) is 63.1 Å². The third-order valence-electron chi connectivity index (χ3n) is 5.42. The Bertz CT molecular complexity index is 1030. The smallest absolute Gasteiger partial charge is 0.257 e. The minimum atomic E-state index is -0.151. The highest BCUT2D eigenvalue weighted by molar-refractivity contribution is 5.94. The zero-order chi connectivity index (χ0) is 21.1. The number of anilines is 1. The third-order valence-corrected chi connectivity index (χ3v) is 5.42. The summed E-state index contributed by atoms with van der Waals surface area (Å²) in [4.78, 5) is 19.4. The van der Waals surface area contributed by atoms with Crippen LogP contribution in [0.15, 0.2) is 47.0 Å². The molecule has 0 radical (unpaired) electrons. The summed E-state index contributed by atoms with van der Waals surface area (Å²) in [7, 11) is 0. The molecule has 1 aromatic heterocycles. The zero-order valence-electron chi connectivity index (χ0n) is 17.3. The number of aromatic hydroxyl groups is 1. The third kappa shape index (κ3) is 4.68. The SMILES string of the molecule is Cc1ccc(-c2nc(CN3CCCC(C(=O)Nc4cc(C)ccc4O)C3)no2)cc1. The summed E-state index contributed by atoms with van der Waals surface area (Å²) in [5.41, 5.74) is 3.51. The Morgan fingerprint density at radius 1 is 1.20 bits per heavy atom. The number of aromatic nitrogens is 2. The van der Waals surface area contributed by atoms with Crippen molar-refractivity contribution in [3.05, 3.63) is 59.4 Å². The van der Waals surface area contributed by atoms with Gasteiger partial charge in [-0.1, -0.05) is 28.9 Å². The van der Waals surface area contributed by atoms with Gasteiger partial charge in [0.05, 0.1) is 18.2 Å². The lowest BCUT2D eigenvalue weighted by Crippen LogP contribution is -2.40. The van der Waals surface area contributed by atoms with E-state index in [1.807, 2.05) is 44.2 Å². The van der Waals surface area contributed by atoms with E-state index in [2.05, 4.69) is 20.4 Å². The highest BCUT2D eigenvalue weighted by Gasteiger charge is 2.27. The van der Waals surface area contributed by atoms with E-state index < -0.39 is 0 Å². The Labute approximate surface area is 175 Å². The maximum Gasteiger partial charge on any atom is 0.257 e. The van der Waals surface area contributed by atoms with E-state index in [1.165, 1.54) is 5.56 Å². The number of piperidine rings is 1. The molecule has 3 aromatic rings. The molecule has 1 saturated heterocycles. The minimum absolute atomic E-state index is 0.0749. The summed E-state index contributed by atoms with van der Waals surface area (Å²) in [6.45, 7) is 6.00. The second kappa shape index (κ2) is 8.67. The molecule has 0 saturated carbocycles. The van der Waals surface area contributed by atoms with Crippen LogP contribution in [0.4, 0.5) is 5.69 Å². The predicted molar refractivity (Wildman–Crippen MR) is 114 cm³/mol. The van der Waals surface area contributed by atoms with E-state index in [0.29, 0.717) is 30.5 Å². The van der Waals surface area contributed by atoms with Crippen LogP contribution < -0.4 is 5.32 Å². The number of carbonyl (C=O) groups is 1. The van der Waals surface area contributed by atoms with E-state index in [-0.39, 0.29) is 17.6 Å². The molecule has 1 fully saturated rings. The average molecular weight is 406 g/mol. The number of aryl methyl sites for hydroxylation is 2. The molecule has 1 aliphatic rings. The highest BCUT2D eigenvalue weighted by Crippen LogP contribution is 2.26. The van der Waals surface area contributed by atoms with E-state index in [4.69, 9.17) is 4.52 Å². The topological polar surface area (TPSA) is 91.5 Å². The van der Waals surface area contributed by atoms with Crippen LogP contribution in [-0.2, 0) is 11.3 Å². The summed E-state index contributed by atoms with van der Waals surface area (Å²) in [5.74, 6) is 0.974. The molecule has 1 aliphatic heterocycles. The number of nitrogens with one attached hydrogen (secondary N) is 1. The van der Waals surface area contributed by atoms with Crippen molar-refractivity contribution in [2.45, 2.75) is 33.2 Å². The number of amides is 1. The normalized spacial score (nSPS) is 17.1. The Balaban J connectivity index is 1.38. The van der Waals surface area contributed by atoms with Crippen LogP contribution in [0.2, 0.25) is 0 Å². The molecule has 0 bridgehead atoms. The second-order valence-corrected chi connectivity index (χ2v) is 7.97. The maximum atomic E-state index is 12.7. The van der Waals surface area contributed by atoms with Gasteiger partial charge in [0.2, 0.25) is 5.91 Å². The molecule has 2 heterocycles. The summed E-state index contributed by atoms with van der Waals surface area (Å²) in [6.07, 6.45) is 1.73. The first kappa shape index (κ1) is 20.1. The molecule has 156 valence electrons. The van der Waals surface area contributed by atoms with Crippen LogP contribution in [0.5, 0.6) is 5.75 Å². The Kier molecular flexibility index (Phi) is 5.81. The summed E-state index contributed by atoms with van der Waals surface area (Å²) in [5, 5.41) is 17.0. The molecule has 0 spiro atoms. The summed E-state index contributed by atoms with van der Waals surface area (Å²) in [6, 6.07) is 13.1. The van der Waals surface area contributed by atoms with Crippen molar-refractivity contribution in [3.8, 4) is 17.2 Å². The molecule has 2 N–H and O–H groups in total. The predicted octanol–water partition coefficient (Wildman–Crippen LogP) is 3.91. The van der Waals surface area contributed by atoms with Crippen molar-refractivity contribution in [3.63, 3.8) is 0 Å². The van der Waals surface area contributed by atoms with Gasteiger partial charge in [0.15, 0.2) is 5.82 Å². The molecule has 1 unspecified atom stereocenters. The fraction of sp³-hybridized carbons (Fsp3) is 0.348. The van der Waals surface area contributed by atoms with Gasteiger partial charge < -0.3 is 14.9 Å². The van der Waals surface area contributed by atoms with Crippen molar-refractivity contribution < 1.29 is 14.4 Å². The van der Waals surface area contributed by atoms with Gasteiger partial charge in [-0.25, -0.2) is 0 Å². The first-order valence-corrected chi connectivity index (χ1v) is 10.2. The average Bonchev–Trinajstić information content (AvgIpc) is 3.20. The lowest BCUT2D eigenvalue weighted by Gasteiger charge is -2.31. The number of phenolic OH excluding ortho intramolecular Hbond substituents is 1. The van der Waals surface area contributed by atoms with Gasteiger partial charge in [-0.2, -0.15) is 4.98 Å². The van der Waals surface area contributed by atoms with Crippen LogP contribution in [0, 0.1) is 19.8 Å². The molecule has 0 aliphatic carbocycles. The van der Waals surface area contributed by atoms with E-state index >= 15 is 0 Å². The quantitative estimate of drug-likeness (QED) is 0.624. The van der Waals surface area contributed by atoms with Crippen LogP contribution >= 0.6 is 0 Å². The van der Waals surface area contributed by atoms with E-state index in [1.54, 1.807) is 12.1 Å². The standard InChI is InChI=1S/C23H26N4O3/c1-15-5-8-17(9-6-15)23-25-21(26-30-23)14-27-11-3-4-18(13-27)22(29)24-19-12-16(2)7-10-20(19)28/h5-10,12,18,28H,3-4,11,13-14H2,1-2H3,(H,24,29). The van der Waals surface area contributed by atoms with Crippen molar-refractivity contribution in [1.29, 1.82) is 0 Å². The maximum absolute atomic E-state index is 12.7. The van der Waals surface area contributed by atoms with Gasteiger partial charge in [0.25, 0.3) is 5.89 Å². The lowest BCUT2D eigenvalue weighted by atomic mass is 9.97. The van der Waals surface area contributed by atoms with E-state index in [9.17, 15) is 9.90 Å². The molecule has 4 rings (SSSR count). The first-order chi connectivity index (χ1) is 14.5. The molecule has 1 amide bonds. The molecular formula is C23H26N4O3. The number of carbonyl (C=O) groups excluding carboxylic acids is 1. The Morgan fingerprint density at radius 2 is 1.97 bits per heavy atom. The molecule has 2 aromatic carbocycles. The molecule has 1 atom stereocenters. The van der Waals surface area contributed by atoms with Gasteiger partial charge in [0, 0.05) is 12.1 Å². The van der Waals surface area contributed by atoms with Crippen molar-refractivity contribution >= 4 is 11.6 Å². The van der Waals surface area contributed by atoms with Crippen molar-refractivity contribution in [2.75, 3.05) is 18.4 Å². The fourth-order valence-electron chi connectivity index (χ4n) is 3.73. The monoisotopic (exact) mass is 406 g/mol. The number of phenols is 1. The van der Waals surface area contributed by atoms with Gasteiger partial charge in [-0.15, -0.1) is 0 Å². The van der Waals surface area contributed by atoms with Crippen LogP contribution in [-0.4, -0.2) is 39.1 Å². The van der Waals surface area contributed by atoms with Crippen molar-refractivity contribution in [1.82, 2.24) is 15.0 Å². The fourth-order valence-corrected chi connectivity index (χ4v) is 3.73. The first-order valence-electron chi connectivity index (χ1n) is 10.2. The van der Waals surface area contributed by atoms with Crippen LogP contribution in [0.3, 0.4) is 0 Å². The molecular weight excluding hydrogens is 380 g/mol. The van der Waals surface area contributed by atoms with Gasteiger partial charge >= 0.3 is 0 Å². The van der Waals surface area contributed by atoms with Gasteiger partial charge in [-0.3, -0.25) is 9.69 Å². The molecule has 30 heavy (non-hydrogen) atoms. The summed E-state index contributed by atoms with van der Waals surface area (Å²) >= 11 is 0. The second-order valence-electron chi connectivity index (χ2n) is 7.97. The Hall–Kier alpha value is -3.19.